The van der Waals surface area contributed by atoms with Crippen molar-refractivity contribution in [2.75, 3.05) is 20.2 Å². The SMILES string of the molecule is COc1ccccc1C(C)(C)NC(=O)CC(C)C1CCCNC1.Cl. The Morgan fingerprint density at radius 1 is 1.42 bits per heavy atom. The zero-order valence-corrected chi connectivity index (χ0v) is 16.0. The van der Waals surface area contributed by atoms with Crippen LogP contribution in [0, 0.1) is 11.8 Å². The fourth-order valence-corrected chi connectivity index (χ4v) is 3.45. The molecule has 136 valence electrons. The Kier molecular flexibility index (Phi) is 8.04. The number of ether oxygens (including phenoxy) is 1. The minimum atomic E-state index is -0.450. The van der Waals surface area contributed by atoms with Gasteiger partial charge in [0.1, 0.15) is 5.75 Å². The molecular weight excluding hydrogens is 324 g/mol. The number of carbonyl (C=O) groups excluding carboxylic acids is 1. The molecule has 1 aromatic rings. The summed E-state index contributed by atoms with van der Waals surface area (Å²) in [6, 6.07) is 7.85. The van der Waals surface area contributed by atoms with Crippen molar-refractivity contribution in [2.24, 2.45) is 11.8 Å². The van der Waals surface area contributed by atoms with Gasteiger partial charge in [0, 0.05) is 12.0 Å². The van der Waals surface area contributed by atoms with Gasteiger partial charge in [0.2, 0.25) is 5.91 Å². The summed E-state index contributed by atoms with van der Waals surface area (Å²) < 4.78 is 5.43. The molecule has 1 saturated heterocycles. The van der Waals surface area contributed by atoms with Gasteiger partial charge in [-0.3, -0.25) is 4.79 Å². The summed E-state index contributed by atoms with van der Waals surface area (Å²) >= 11 is 0. The van der Waals surface area contributed by atoms with Crippen molar-refractivity contribution in [1.82, 2.24) is 10.6 Å². The van der Waals surface area contributed by atoms with Crippen LogP contribution in [0.3, 0.4) is 0 Å². The van der Waals surface area contributed by atoms with Gasteiger partial charge < -0.3 is 15.4 Å². The number of halogens is 1. The molecule has 0 radical (unpaired) electrons. The first kappa shape index (κ1) is 20.8. The molecule has 0 aliphatic carbocycles. The number of hydrogen-bond donors (Lipinski definition) is 2. The molecule has 2 atom stereocenters. The molecule has 5 heteroatoms. The highest BCUT2D eigenvalue weighted by Crippen LogP contribution is 2.30. The van der Waals surface area contributed by atoms with E-state index in [0.717, 1.165) is 24.4 Å². The number of piperidine rings is 1. The van der Waals surface area contributed by atoms with Crippen molar-refractivity contribution in [2.45, 2.75) is 45.6 Å². The monoisotopic (exact) mass is 354 g/mol. The Bertz CT molecular complexity index is 528. The fraction of sp³-hybridized carbons (Fsp3) is 0.632. The third-order valence-electron chi connectivity index (χ3n) is 4.88. The zero-order chi connectivity index (χ0) is 16.9. The second-order valence-corrected chi connectivity index (χ2v) is 7.16. The molecule has 1 fully saturated rings. The standard InChI is InChI=1S/C19H30N2O2.ClH/c1-14(15-8-7-11-20-13-15)12-18(22)21-19(2,3)16-9-5-6-10-17(16)23-4;/h5-6,9-10,14-15,20H,7-8,11-13H2,1-4H3,(H,21,22);1H. The zero-order valence-electron chi connectivity index (χ0n) is 15.2. The van der Waals surface area contributed by atoms with E-state index in [0.29, 0.717) is 18.3 Å². The maximum atomic E-state index is 12.5. The highest BCUT2D eigenvalue weighted by atomic mass is 35.5. The predicted octanol–water partition coefficient (Wildman–Crippen LogP) is 3.49. The van der Waals surface area contributed by atoms with Crippen LogP contribution in [0.4, 0.5) is 0 Å². The minimum absolute atomic E-state index is 0. The molecule has 0 saturated carbocycles. The summed E-state index contributed by atoms with van der Waals surface area (Å²) in [4.78, 5) is 12.5. The Hall–Kier alpha value is -1.26. The largest absolute Gasteiger partial charge is 0.496 e. The maximum absolute atomic E-state index is 12.5. The van der Waals surface area contributed by atoms with Crippen molar-refractivity contribution in [1.29, 1.82) is 0 Å². The third-order valence-corrected chi connectivity index (χ3v) is 4.88. The first-order chi connectivity index (χ1) is 10.9. The van der Waals surface area contributed by atoms with Gasteiger partial charge in [0.15, 0.2) is 0 Å². The van der Waals surface area contributed by atoms with Gasteiger partial charge in [-0.15, -0.1) is 12.4 Å². The molecule has 1 aliphatic heterocycles. The van der Waals surface area contributed by atoms with Crippen molar-refractivity contribution < 1.29 is 9.53 Å². The Balaban J connectivity index is 0.00000288. The first-order valence-corrected chi connectivity index (χ1v) is 8.59. The molecule has 1 heterocycles. The lowest BCUT2D eigenvalue weighted by molar-refractivity contribution is -0.124. The van der Waals surface area contributed by atoms with Crippen LogP contribution >= 0.6 is 12.4 Å². The molecule has 4 nitrogen and oxygen atoms in total. The van der Waals surface area contributed by atoms with Crippen molar-refractivity contribution in [3.05, 3.63) is 29.8 Å². The van der Waals surface area contributed by atoms with Gasteiger partial charge in [-0.2, -0.15) is 0 Å². The summed E-state index contributed by atoms with van der Waals surface area (Å²) in [5, 5.41) is 6.61. The van der Waals surface area contributed by atoms with E-state index in [-0.39, 0.29) is 18.3 Å². The Labute approximate surface area is 152 Å². The van der Waals surface area contributed by atoms with Gasteiger partial charge in [-0.1, -0.05) is 25.1 Å². The van der Waals surface area contributed by atoms with Gasteiger partial charge in [-0.25, -0.2) is 0 Å². The summed E-state index contributed by atoms with van der Waals surface area (Å²) in [6.07, 6.45) is 3.01. The molecule has 24 heavy (non-hydrogen) atoms. The van der Waals surface area contributed by atoms with Crippen LogP contribution in [-0.2, 0) is 10.3 Å². The number of para-hydroxylation sites is 1. The molecule has 2 unspecified atom stereocenters. The van der Waals surface area contributed by atoms with Crippen LogP contribution in [0.15, 0.2) is 24.3 Å². The van der Waals surface area contributed by atoms with Crippen LogP contribution in [0.25, 0.3) is 0 Å². The molecule has 0 aromatic heterocycles. The van der Waals surface area contributed by atoms with Crippen molar-refractivity contribution in [3.63, 3.8) is 0 Å². The second-order valence-electron chi connectivity index (χ2n) is 7.16. The summed E-state index contributed by atoms with van der Waals surface area (Å²) in [6.45, 7) is 8.37. The highest BCUT2D eigenvalue weighted by Gasteiger charge is 2.28. The van der Waals surface area contributed by atoms with E-state index in [1.54, 1.807) is 7.11 Å². The smallest absolute Gasteiger partial charge is 0.220 e. The number of amides is 1. The van der Waals surface area contributed by atoms with Gasteiger partial charge in [-0.05, 0) is 57.7 Å². The normalized spacial score (nSPS) is 19.1. The molecule has 2 rings (SSSR count). The van der Waals surface area contributed by atoms with E-state index >= 15 is 0 Å². The Morgan fingerprint density at radius 3 is 2.75 bits per heavy atom. The highest BCUT2D eigenvalue weighted by molar-refractivity contribution is 5.85. The van der Waals surface area contributed by atoms with E-state index in [9.17, 15) is 4.79 Å². The quantitative estimate of drug-likeness (QED) is 0.822. The van der Waals surface area contributed by atoms with E-state index in [4.69, 9.17) is 4.74 Å². The number of methoxy groups -OCH3 is 1. The molecule has 1 aromatic carbocycles. The van der Waals surface area contributed by atoms with Crippen LogP contribution in [0.2, 0.25) is 0 Å². The number of carbonyl (C=O) groups is 1. The third kappa shape index (κ3) is 5.38. The number of hydrogen-bond acceptors (Lipinski definition) is 3. The van der Waals surface area contributed by atoms with E-state index in [1.807, 2.05) is 38.1 Å². The van der Waals surface area contributed by atoms with Crippen molar-refractivity contribution in [3.8, 4) is 5.75 Å². The predicted molar refractivity (Wildman–Crippen MR) is 101 cm³/mol. The lowest BCUT2D eigenvalue weighted by Crippen LogP contribution is -2.43. The average molecular weight is 355 g/mol. The number of benzene rings is 1. The first-order valence-electron chi connectivity index (χ1n) is 8.59. The topological polar surface area (TPSA) is 50.4 Å². The van der Waals surface area contributed by atoms with Crippen LogP contribution < -0.4 is 15.4 Å². The molecule has 0 bridgehead atoms. The van der Waals surface area contributed by atoms with Crippen LogP contribution in [-0.4, -0.2) is 26.1 Å². The van der Waals surface area contributed by atoms with Crippen LogP contribution in [0.5, 0.6) is 5.75 Å². The molecule has 1 amide bonds. The fourth-order valence-electron chi connectivity index (χ4n) is 3.45. The van der Waals surface area contributed by atoms with E-state index in [1.165, 1.54) is 12.8 Å². The Morgan fingerprint density at radius 2 is 2.12 bits per heavy atom. The second kappa shape index (κ2) is 9.28. The molecular formula is C19H31ClN2O2. The van der Waals surface area contributed by atoms with Crippen molar-refractivity contribution >= 4 is 18.3 Å². The van der Waals surface area contributed by atoms with Gasteiger partial charge >= 0.3 is 0 Å². The minimum Gasteiger partial charge on any atom is -0.496 e. The number of rotatable bonds is 6. The van der Waals surface area contributed by atoms with E-state index < -0.39 is 5.54 Å². The molecule has 1 aliphatic rings. The maximum Gasteiger partial charge on any atom is 0.220 e. The lowest BCUT2D eigenvalue weighted by atomic mass is 9.85. The summed E-state index contributed by atoms with van der Waals surface area (Å²) in [5.41, 5.74) is 0.552. The van der Waals surface area contributed by atoms with Gasteiger partial charge in [0.25, 0.3) is 0 Å². The summed E-state index contributed by atoms with van der Waals surface area (Å²) in [5.74, 6) is 1.92. The van der Waals surface area contributed by atoms with E-state index in [2.05, 4.69) is 17.6 Å². The van der Waals surface area contributed by atoms with Gasteiger partial charge in [0.05, 0.1) is 12.6 Å². The summed E-state index contributed by atoms with van der Waals surface area (Å²) in [7, 11) is 1.66. The lowest BCUT2D eigenvalue weighted by Gasteiger charge is -2.31. The van der Waals surface area contributed by atoms with Crippen LogP contribution in [0.1, 0.15) is 45.6 Å². The number of nitrogens with one attached hydrogen (secondary N) is 2. The molecule has 0 spiro atoms. The average Bonchev–Trinajstić information content (AvgIpc) is 2.55. The molecule has 2 N–H and O–H groups in total.